The summed E-state index contributed by atoms with van der Waals surface area (Å²) >= 11 is 0. The molecule has 5 unspecified atom stereocenters. The lowest BCUT2D eigenvalue weighted by Crippen LogP contribution is -2.59. The highest BCUT2D eigenvalue weighted by Gasteiger charge is 2.48. The van der Waals surface area contributed by atoms with E-state index in [-0.39, 0.29) is 4.70 Å². The first-order valence-corrected chi connectivity index (χ1v) is 11.0. The van der Waals surface area contributed by atoms with Crippen molar-refractivity contribution in [3.63, 3.8) is 0 Å². The lowest BCUT2D eigenvalue weighted by Gasteiger charge is -2.44. The molecule has 16 heteroatoms. The average Bonchev–Trinajstić information content (AvgIpc) is 2.82. The number of aliphatic carboxylic acids is 1. The number of ether oxygens (including phenoxy) is 5. The van der Waals surface area contributed by atoms with E-state index in [0.29, 0.717) is 0 Å². The number of aliphatic hydroxyl groups excluding tert-OH is 8. The number of aliphatic hydroxyl groups is 8. The zero-order valence-corrected chi connectivity index (χ0v) is 19.1. The van der Waals surface area contributed by atoms with Gasteiger partial charge in [-0.3, -0.25) is 4.70 Å². The molecule has 0 amide bonds. The van der Waals surface area contributed by atoms with Crippen LogP contribution in [0, 0.1) is 11.8 Å². The van der Waals surface area contributed by atoms with E-state index in [1.54, 1.807) is 0 Å². The Morgan fingerprint density at radius 3 is 2.08 bits per heavy atom. The van der Waals surface area contributed by atoms with Crippen molar-refractivity contribution in [2.45, 2.75) is 74.6 Å². The first-order chi connectivity index (χ1) is 16.5. The number of hydrogen-bond donors (Lipinski definition) is 9. The molecule has 2 saturated heterocycles. The third-order valence-corrected chi connectivity index (χ3v) is 6.35. The number of rotatable bonds is 8. The number of hydrogen-bond acceptors (Lipinski definition) is 14. The Hall–Kier alpha value is -1.54. The zero-order valence-electron chi connectivity index (χ0n) is 19.1. The Morgan fingerprint density at radius 2 is 1.47 bits per heavy atom. The average molecular weight is 532 g/mol. The topological polar surface area (TPSA) is 245 Å². The molecule has 13 atom stereocenters. The van der Waals surface area contributed by atoms with E-state index in [1.807, 2.05) is 0 Å². The molecule has 3 rings (SSSR count). The fourth-order valence-corrected chi connectivity index (χ4v) is 4.15. The molecule has 36 heavy (non-hydrogen) atoms. The van der Waals surface area contributed by atoms with Crippen LogP contribution in [-0.4, -0.2) is 139 Å². The summed E-state index contributed by atoms with van der Waals surface area (Å²) in [6.07, 6.45) is -15.2. The molecule has 0 aliphatic carbocycles. The molecule has 3 aliphatic rings. The lowest BCUT2D eigenvalue weighted by atomic mass is 9.83. The highest BCUT2D eigenvalue weighted by Crippen LogP contribution is 2.33. The summed E-state index contributed by atoms with van der Waals surface area (Å²) in [5, 5.41) is 89.5. The zero-order chi connectivity index (χ0) is 26.0. The van der Waals surface area contributed by atoms with Crippen molar-refractivity contribution in [3.8, 4) is 0 Å². The minimum Gasteiger partial charge on any atom is -0.475 e. The van der Waals surface area contributed by atoms with Gasteiger partial charge in [-0.15, -0.1) is 0 Å². The maximum atomic E-state index is 11.2. The highest BCUT2D eigenvalue weighted by atomic mass is 19.0. The van der Waals surface area contributed by atoms with Gasteiger partial charge in [-0.2, -0.15) is 0 Å². The van der Waals surface area contributed by atoms with E-state index >= 15 is 0 Å². The van der Waals surface area contributed by atoms with E-state index in [1.165, 1.54) is 6.92 Å². The summed E-state index contributed by atoms with van der Waals surface area (Å²) < 4.78 is 26.5. The molecule has 210 valence electrons. The molecule has 0 aromatic carbocycles. The van der Waals surface area contributed by atoms with Crippen LogP contribution in [0.3, 0.4) is 0 Å². The van der Waals surface area contributed by atoms with Gasteiger partial charge in [0.2, 0.25) is 12.0 Å². The maximum absolute atomic E-state index is 11.2. The summed E-state index contributed by atoms with van der Waals surface area (Å²) in [6.45, 7) is -0.0977. The summed E-state index contributed by atoms with van der Waals surface area (Å²) in [5.74, 6) is -4.28. The van der Waals surface area contributed by atoms with Crippen LogP contribution in [0.2, 0.25) is 0 Å². The second-order valence-corrected chi connectivity index (χ2v) is 8.72. The lowest BCUT2D eigenvalue weighted by molar-refractivity contribution is -0.314. The predicted molar refractivity (Wildman–Crippen MR) is 110 cm³/mol. The molecule has 0 aromatic heterocycles. The van der Waals surface area contributed by atoms with Gasteiger partial charge in [0, 0.05) is 11.8 Å². The van der Waals surface area contributed by atoms with E-state index in [9.17, 15) is 45.6 Å². The van der Waals surface area contributed by atoms with Crippen LogP contribution in [0.5, 0.6) is 0 Å². The van der Waals surface area contributed by atoms with Crippen LogP contribution in [0.15, 0.2) is 11.8 Å². The fourth-order valence-electron chi connectivity index (χ4n) is 4.15. The van der Waals surface area contributed by atoms with E-state index in [4.69, 9.17) is 28.8 Å². The van der Waals surface area contributed by atoms with Crippen molar-refractivity contribution in [1.29, 1.82) is 0 Å². The van der Waals surface area contributed by atoms with Crippen molar-refractivity contribution in [2.24, 2.45) is 11.8 Å². The summed E-state index contributed by atoms with van der Waals surface area (Å²) in [7, 11) is 0. The van der Waals surface area contributed by atoms with Gasteiger partial charge < -0.3 is 69.6 Å². The molecule has 2 fully saturated rings. The van der Waals surface area contributed by atoms with Crippen molar-refractivity contribution < 1.29 is 79.1 Å². The molecule has 3 aliphatic heterocycles. The van der Waals surface area contributed by atoms with Gasteiger partial charge in [0.1, 0.15) is 36.6 Å². The molecule has 0 aromatic rings. The van der Waals surface area contributed by atoms with Crippen LogP contribution in [0.1, 0.15) is 6.92 Å². The minimum atomic E-state index is -1.66. The van der Waals surface area contributed by atoms with Crippen molar-refractivity contribution in [1.82, 2.24) is 0 Å². The van der Waals surface area contributed by atoms with Gasteiger partial charge in [-0.05, 0) is 13.0 Å². The minimum absolute atomic E-state index is 0. The molecule has 0 radical (unpaired) electrons. The van der Waals surface area contributed by atoms with Crippen LogP contribution < -0.4 is 0 Å². The number of carboxylic acids is 1. The molecular formula is C20H33FO15. The number of carboxylic acid groups (broad SMARTS) is 1. The third-order valence-electron chi connectivity index (χ3n) is 6.35. The number of halogens is 1. The smallest absolute Gasteiger partial charge is 0.371 e. The van der Waals surface area contributed by atoms with Crippen LogP contribution >= 0.6 is 0 Å². The summed E-state index contributed by atoms with van der Waals surface area (Å²) in [6, 6.07) is 0. The molecule has 15 nitrogen and oxygen atoms in total. The summed E-state index contributed by atoms with van der Waals surface area (Å²) in [5.41, 5.74) is 0. The quantitative estimate of drug-likeness (QED) is 0.143. The van der Waals surface area contributed by atoms with Crippen LogP contribution in [0.4, 0.5) is 4.70 Å². The molecular weight excluding hydrogens is 499 g/mol. The highest BCUT2D eigenvalue weighted by molar-refractivity contribution is 5.84. The first-order valence-electron chi connectivity index (χ1n) is 11.0. The Balaban J connectivity index is 0.00000456. The van der Waals surface area contributed by atoms with Gasteiger partial charge in [-0.1, -0.05) is 0 Å². The Bertz CT molecular complexity index is 755. The fraction of sp³-hybridized carbons (Fsp3) is 0.850. The molecule has 0 saturated carbocycles. The largest absolute Gasteiger partial charge is 0.475 e. The molecule has 0 spiro atoms. The van der Waals surface area contributed by atoms with E-state index in [2.05, 4.69) is 0 Å². The van der Waals surface area contributed by atoms with Crippen LogP contribution in [-0.2, 0) is 28.5 Å². The second-order valence-electron chi connectivity index (χ2n) is 8.72. The first kappa shape index (κ1) is 30.7. The van der Waals surface area contributed by atoms with Gasteiger partial charge in [0.15, 0.2) is 12.6 Å². The Morgan fingerprint density at radius 1 is 0.861 bits per heavy atom. The molecule has 3 heterocycles. The van der Waals surface area contributed by atoms with Crippen molar-refractivity contribution >= 4 is 5.97 Å². The van der Waals surface area contributed by atoms with Gasteiger partial charge in [-0.25, -0.2) is 4.79 Å². The second kappa shape index (κ2) is 12.8. The van der Waals surface area contributed by atoms with Gasteiger partial charge >= 0.3 is 5.97 Å². The van der Waals surface area contributed by atoms with Crippen LogP contribution in [0.25, 0.3) is 0 Å². The number of carbonyl (C=O) groups is 1. The van der Waals surface area contributed by atoms with Gasteiger partial charge in [0.25, 0.3) is 0 Å². The van der Waals surface area contributed by atoms with E-state index < -0.39 is 111 Å². The SMILES string of the molecule is CC1O[C@@H](OC[C@H]2C(CO[C@@H]3OC(C(=O)O)=C[C@@H](O)C3O)[C@@H](O)OC(CO)[C@H]2O)C(O)[C@@H](O)[C@@H]1O.F. The van der Waals surface area contributed by atoms with E-state index in [0.717, 1.165) is 6.08 Å². The Labute approximate surface area is 204 Å². The standard InChI is InChI=1S/C20H32O15.FH/c1-6-12(23)15(26)16(27)20(33-6)31-4-7-8(18(30)34-11(3-21)13(7)24)5-32-19-14(25)9(22)2-10(35-19)17(28)29;/h2,6-9,11-16,18-27,30H,3-5H2,1H3,(H,28,29);1H/t6?,7-,8?,9+,11?,12+,13-,14?,15-,16?,18-,19+,20+;/m0./s1. The Kier molecular flexibility index (Phi) is 10.9. The third kappa shape index (κ3) is 6.47. The monoisotopic (exact) mass is 532 g/mol. The predicted octanol–water partition coefficient (Wildman–Crippen LogP) is -4.65. The van der Waals surface area contributed by atoms with Gasteiger partial charge in [0.05, 0.1) is 32.0 Å². The summed E-state index contributed by atoms with van der Waals surface area (Å²) in [4.78, 5) is 11.2. The van der Waals surface area contributed by atoms with Crippen molar-refractivity contribution in [3.05, 3.63) is 11.8 Å². The molecule has 9 N–H and O–H groups in total. The molecule has 0 bridgehead atoms. The normalized spacial score (nSPS) is 45.2. The maximum Gasteiger partial charge on any atom is 0.371 e. The van der Waals surface area contributed by atoms with Crippen molar-refractivity contribution in [2.75, 3.05) is 19.8 Å².